The molecular formula is C33H39N7O. The van der Waals surface area contributed by atoms with Crippen LogP contribution in [0.15, 0.2) is 66.9 Å². The minimum absolute atomic E-state index is 0.0306. The molecular weight excluding hydrogens is 510 g/mol. The van der Waals surface area contributed by atoms with Crippen molar-refractivity contribution < 1.29 is 4.79 Å². The average molecular weight is 550 g/mol. The Labute approximate surface area is 241 Å². The Hall–Kier alpha value is -3.75. The summed E-state index contributed by atoms with van der Waals surface area (Å²) in [5, 5.41) is 13.1. The van der Waals surface area contributed by atoms with Crippen molar-refractivity contribution in [3.63, 3.8) is 0 Å². The summed E-state index contributed by atoms with van der Waals surface area (Å²) >= 11 is 0. The third-order valence-corrected chi connectivity index (χ3v) is 9.63. The highest BCUT2D eigenvalue weighted by molar-refractivity contribution is 5.95. The number of anilines is 2. The van der Waals surface area contributed by atoms with Gasteiger partial charge < -0.3 is 21.3 Å². The fourth-order valence-corrected chi connectivity index (χ4v) is 7.22. The molecule has 3 fully saturated rings. The van der Waals surface area contributed by atoms with E-state index >= 15 is 0 Å². The zero-order chi connectivity index (χ0) is 27.9. The molecule has 4 heterocycles. The molecule has 1 aliphatic carbocycles. The van der Waals surface area contributed by atoms with Crippen LogP contribution in [0.2, 0.25) is 0 Å². The number of carbonyl (C=O) groups excluding carboxylic acids is 1. The number of nitrogens with two attached hydrogens (primary N) is 1. The summed E-state index contributed by atoms with van der Waals surface area (Å²) in [5.74, 6) is 2.54. The molecule has 2 aromatic heterocycles. The molecule has 0 bridgehead atoms. The van der Waals surface area contributed by atoms with Crippen molar-refractivity contribution in [1.82, 2.24) is 25.0 Å². The molecule has 0 radical (unpaired) electrons. The first kappa shape index (κ1) is 26.2. The minimum atomic E-state index is 0.0306. The number of likely N-dealkylation sites (tertiary alicyclic amines) is 1. The normalized spacial score (nSPS) is 25.3. The molecule has 0 spiro atoms. The molecule has 2 aliphatic heterocycles. The van der Waals surface area contributed by atoms with Crippen molar-refractivity contribution >= 4 is 28.3 Å². The molecule has 1 saturated carbocycles. The van der Waals surface area contributed by atoms with Gasteiger partial charge in [0.25, 0.3) is 0 Å². The highest BCUT2D eigenvalue weighted by Gasteiger charge is 2.44. The molecule has 2 aromatic carbocycles. The number of rotatable bonds is 6. The molecule has 3 aliphatic rings. The molecule has 4 N–H and O–H groups in total. The molecule has 2 saturated heterocycles. The van der Waals surface area contributed by atoms with Crippen LogP contribution in [-0.2, 0) is 4.79 Å². The maximum Gasteiger partial charge on any atom is 0.228 e. The van der Waals surface area contributed by atoms with Crippen LogP contribution in [0.25, 0.3) is 16.6 Å². The van der Waals surface area contributed by atoms with E-state index in [1.807, 2.05) is 47.1 Å². The van der Waals surface area contributed by atoms with Crippen LogP contribution in [0.4, 0.5) is 11.5 Å². The van der Waals surface area contributed by atoms with Crippen molar-refractivity contribution in [2.45, 2.75) is 37.5 Å². The lowest BCUT2D eigenvalue weighted by atomic mass is 9.72. The number of nitrogens with zero attached hydrogens (tertiary/aromatic N) is 4. The van der Waals surface area contributed by atoms with Crippen molar-refractivity contribution in [1.29, 1.82) is 0 Å². The monoisotopic (exact) mass is 549 g/mol. The molecule has 4 aromatic rings. The number of hydrogen-bond donors (Lipinski definition) is 3. The van der Waals surface area contributed by atoms with Gasteiger partial charge in [0.15, 0.2) is 0 Å². The Balaban J connectivity index is 1.14. The number of piperidine rings is 2. The zero-order valence-electron chi connectivity index (χ0n) is 23.7. The van der Waals surface area contributed by atoms with Crippen LogP contribution in [0.1, 0.15) is 48.8 Å². The Kier molecular flexibility index (Phi) is 6.96. The maximum absolute atomic E-state index is 12.9. The number of nitrogens with one attached hydrogen (secondary N) is 2. The SMILES string of the molecule is CN1CCC(C2CNCCC2c2nn(-c3ccc(NC(=O)C4CC4c4ccccc4)cc3)c3c(N)nccc23)CC1. The predicted octanol–water partition coefficient (Wildman–Crippen LogP) is 4.78. The van der Waals surface area contributed by atoms with Crippen LogP contribution < -0.4 is 16.4 Å². The first-order valence-electron chi connectivity index (χ1n) is 15.1. The van der Waals surface area contributed by atoms with E-state index in [0.717, 1.165) is 67.0 Å². The Morgan fingerprint density at radius 2 is 1.78 bits per heavy atom. The topological polar surface area (TPSA) is 101 Å². The van der Waals surface area contributed by atoms with Gasteiger partial charge in [-0.2, -0.15) is 5.10 Å². The minimum Gasteiger partial charge on any atom is -0.382 e. The Morgan fingerprint density at radius 1 is 1.00 bits per heavy atom. The van der Waals surface area contributed by atoms with Crippen LogP contribution >= 0.6 is 0 Å². The van der Waals surface area contributed by atoms with E-state index in [1.165, 1.54) is 18.4 Å². The summed E-state index contributed by atoms with van der Waals surface area (Å²) in [5.41, 5.74) is 11.4. The first-order chi connectivity index (χ1) is 20.1. The third kappa shape index (κ3) is 5.11. The number of nitrogen functional groups attached to an aromatic ring is 1. The largest absolute Gasteiger partial charge is 0.382 e. The highest BCUT2D eigenvalue weighted by atomic mass is 16.2. The summed E-state index contributed by atoms with van der Waals surface area (Å²) in [6.07, 6.45) is 6.25. The van der Waals surface area contributed by atoms with E-state index in [0.29, 0.717) is 29.5 Å². The van der Waals surface area contributed by atoms with Gasteiger partial charge in [0.1, 0.15) is 11.3 Å². The number of pyridine rings is 1. The third-order valence-electron chi connectivity index (χ3n) is 9.63. The number of hydrogen-bond acceptors (Lipinski definition) is 6. The number of carbonyl (C=O) groups is 1. The molecule has 8 nitrogen and oxygen atoms in total. The summed E-state index contributed by atoms with van der Waals surface area (Å²) < 4.78 is 1.96. The van der Waals surface area contributed by atoms with E-state index < -0.39 is 0 Å². The van der Waals surface area contributed by atoms with Crippen LogP contribution in [0, 0.1) is 17.8 Å². The van der Waals surface area contributed by atoms with Gasteiger partial charge in [0.05, 0.1) is 11.4 Å². The van der Waals surface area contributed by atoms with Crippen molar-refractivity contribution in [3.8, 4) is 5.69 Å². The fourth-order valence-electron chi connectivity index (χ4n) is 7.22. The number of fused-ring (bicyclic) bond motifs is 1. The van der Waals surface area contributed by atoms with Gasteiger partial charge in [-0.15, -0.1) is 0 Å². The van der Waals surface area contributed by atoms with E-state index in [1.54, 1.807) is 6.20 Å². The van der Waals surface area contributed by atoms with Crippen LogP contribution in [-0.4, -0.2) is 58.8 Å². The highest BCUT2D eigenvalue weighted by Crippen LogP contribution is 2.48. The van der Waals surface area contributed by atoms with Crippen LogP contribution in [0.3, 0.4) is 0 Å². The molecule has 4 atom stereocenters. The van der Waals surface area contributed by atoms with Gasteiger partial charge in [0, 0.05) is 29.1 Å². The lowest BCUT2D eigenvalue weighted by molar-refractivity contribution is -0.117. The smallest absolute Gasteiger partial charge is 0.228 e. The van der Waals surface area contributed by atoms with Gasteiger partial charge in [-0.25, -0.2) is 9.67 Å². The van der Waals surface area contributed by atoms with E-state index in [9.17, 15) is 4.79 Å². The van der Waals surface area contributed by atoms with Gasteiger partial charge in [-0.1, -0.05) is 30.3 Å². The quantitative estimate of drug-likeness (QED) is 0.320. The van der Waals surface area contributed by atoms with Crippen molar-refractivity contribution in [3.05, 3.63) is 78.1 Å². The lowest BCUT2D eigenvalue weighted by Crippen LogP contribution is -2.43. The Bertz CT molecular complexity index is 1520. The van der Waals surface area contributed by atoms with Gasteiger partial charge in [-0.05, 0) is 113 Å². The van der Waals surface area contributed by atoms with Gasteiger partial charge >= 0.3 is 0 Å². The first-order valence-corrected chi connectivity index (χ1v) is 15.1. The van der Waals surface area contributed by atoms with Crippen molar-refractivity contribution in [2.24, 2.45) is 17.8 Å². The molecule has 1 amide bonds. The fraction of sp³-hybridized carbons (Fsp3) is 0.424. The summed E-state index contributed by atoms with van der Waals surface area (Å²) in [4.78, 5) is 19.8. The lowest BCUT2D eigenvalue weighted by Gasteiger charge is -2.40. The standard InChI is InChI=1S/C33H39N7O/c1-39-17-13-22(14-18-39)29-20-35-15-11-25(29)30-26-12-16-36-32(34)31(26)40(38-30)24-9-7-23(8-10-24)37-33(41)28-19-27(28)21-5-3-2-4-6-21/h2-10,12,16,22,25,27-29,35H,11,13-15,17-20H2,1H3,(H2,34,36)(H,37,41). The Morgan fingerprint density at radius 3 is 2.56 bits per heavy atom. The van der Waals surface area contributed by atoms with E-state index in [4.69, 9.17) is 10.8 Å². The summed E-state index contributed by atoms with van der Waals surface area (Å²) in [7, 11) is 2.22. The summed E-state index contributed by atoms with van der Waals surface area (Å²) in [6, 6.07) is 20.3. The second-order valence-corrected chi connectivity index (χ2v) is 12.2. The zero-order valence-corrected chi connectivity index (χ0v) is 23.7. The molecule has 212 valence electrons. The second kappa shape index (κ2) is 10.9. The van der Waals surface area contributed by atoms with E-state index in [-0.39, 0.29) is 11.8 Å². The number of aromatic nitrogens is 3. The van der Waals surface area contributed by atoms with E-state index in [2.05, 4.69) is 45.8 Å². The maximum atomic E-state index is 12.9. The van der Waals surface area contributed by atoms with Gasteiger partial charge in [-0.3, -0.25) is 4.79 Å². The second-order valence-electron chi connectivity index (χ2n) is 12.2. The van der Waals surface area contributed by atoms with Crippen LogP contribution in [0.5, 0.6) is 0 Å². The van der Waals surface area contributed by atoms with Gasteiger partial charge in [0.2, 0.25) is 5.91 Å². The molecule has 7 rings (SSSR count). The molecule has 4 unspecified atom stereocenters. The molecule has 41 heavy (non-hydrogen) atoms. The number of amides is 1. The molecule has 8 heteroatoms. The average Bonchev–Trinajstić information content (AvgIpc) is 3.72. The van der Waals surface area contributed by atoms with Crippen molar-refractivity contribution in [2.75, 3.05) is 44.3 Å². The predicted molar refractivity (Wildman–Crippen MR) is 163 cm³/mol. The number of benzene rings is 2. The summed E-state index contributed by atoms with van der Waals surface area (Å²) in [6.45, 7) is 4.37.